The van der Waals surface area contributed by atoms with E-state index in [4.69, 9.17) is 19.2 Å². The molecule has 52 heavy (non-hydrogen) atoms. The highest BCUT2D eigenvalue weighted by Gasteiger charge is 2.27. The lowest BCUT2D eigenvalue weighted by molar-refractivity contribution is -0.156. The maximum Gasteiger partial charge on any atom is 0.410 e. The van der Waals surface area contributed by atoms with Gasteiger partial charge in [-0.05, 0) is 103 Å². The number of methoxy groups -OCH3 is 1. The Kier molecular flexibility index (Phi) is 13.5. The summed E-state index contributed by atoms with van der Waals surface area (Å²) in [6.45, 7) is 18.9. The van der Waals surface area contributed by atoms with Gasteiger partial charge in [0.25, 0.3) is 0 Å². The molecule has 12 nitrogen and oxygen atoms in total. The standard InChI is InChI=1S/C40H59N7O5/c1-38(2,3)51-36(48)29-47-25-23-46(24-26-47)28-32-27-33(12-13-34(32)50-10)43-40(7)18-15-31(17-20-42-40)30-11-14-35(41-19-16-30)44(8)21-22-45(9)37(49)52-39(4,5)6/h11-14,17,19-20,27,43H,15,18,21-26,28-29H2,1-10H3. The first-order valence-corrected chi connectivity index (χ1v) is 18.1. The summed E-state index contributed by atoms with van der Waals surface area (Å²) in [6.07, 6.45) is 10.9. The van der Waals surface area contributed by atoms with Crippen LogP contribution in [0.1, 0.15) is 66.9 Å². The number of rotatable bonds is 11. The Morgan fingerprint density at radius 2 is 1.67 bits per heavy atom. The van der Waals surface area contributed by atoms with Gasteiger partial charge in [-0.15, -0.1) is 0 Å². The van der Waals surface area contributed by atoms with Gasteiger partial charge >= 0.3 is 12.1 Å². The number of nitrogens with zero attached hydrogens (tertiary/aromatic N) is 6. The van der Waals surface area contributed by atoms with Crippen LogP contribution in [-0.4, -0.2) is 128 Å². The number of amides is 1. The van der Waals surface area contributed by atoms with Crippen molar-refractivity contribution in [3.05, 3.63) is 65.1 Å². The third-order valence-electron chi connectivity index (χ3n) is 8.87. The van der Waals surface area contributed by atoms with Gasteiger partial charge in [0, 0.05) is 82.9 Å². The monoisotopic (exact) mass is 717 g/mol. The first kappa shape index (κ1) is 40.4. The van der Waals surface area contributed by atoms with Crippen molar-refractivity contribution < 1.29 is 23.8 Å². The summed E-state index contributed by atoms with van der Waals surface area (Å²) in [5, 5.41) is 3.69. The number of hydrogen-bond donors (Lipinski definition) is 1. The molecule has 1 unspecified atom stereocenters. The molecule has 3 aliphatic rings. The number of amidine groups is 1. The van der Waals surface area contributed by atoms with E-state index in [2.05, 4.69) is 44.9 Å². The number of carbonyl (C=O) groups excluding carboxylic acids is 2. The number of carbonyl (C=O) groups is 2. The van der Waals surface area contributed by atoms with E-state index in [1.807, 2.05) is 84.0 Å². The summed E-state index contributed by atoms with van der Waals surface area (Å²) >= 11 is 0. The largest absolute Gasteiger partial charge is 0.496 e. The molecule has 0 aliphatic carbocycles. The highest BCUT2D eigenvalue weighted by molar-refractivity contribution is 5.94. The van der Waals surface area contributed by atoms with Crippen molar-refractivity contribution in [2.75, 3.05) is 72.3 Å². The lowest BCUT2D eigenvalue weighted by atomic mass is 9.97. The van der Waals surface area contributed by atoms with Crippen LogP contribution in [0.3, 0.4) is 0 Å². The van der Waals surface area contributed by atoms with E-state index < -0.39 is 16.9 Å². The minimum Gasteiger partial charge on any atom is -0.496 e. The molecule has 0 aromatic heterocycles. The second kappa shape index (κ2) is 17.4. The molecule has 1 N–H and O–H groups in total. The third-order valence-corrected chi connectivity index (χ3v) is 8.87. The SMILES string of the molecule is COc1ccc(NC2(C)CCC(C3=C=CN=C(N(C)CCN(C)C(=O)OC(C)(C)C)C=C3)=CC=N2)cc1CN1CCN(CC(=O)OC(C)(C)C)CC1. The number of likely N-dealkylation sites (N-methyl/N-ethyl adjacent to an activating group) is 2. The van der Waals surface area contributed by atoms with Gasteiger partial charge in [-0.25, -0.2) is 9.79 Å². The number of aliphatic imine (C=N–C) groups is 2. The maximum absolute atomic E-state index is 12.4. The number of allylic oxidation sites excluding steroid dienone is 4. The van der Waals surface area contributed by atoms with Gasteiger partial charge in [-0.2, -0.15) is 0 Å². The van der Waals surface area contributed by atoms with E-state index in [-0.39, 0.29) is 12.1 Å². The fraction of sp³-hybridized carbons (Fsp3) is 0.575. The zero-order valence-corrected chi connectivity index (χ0v) is 32.9. The van der Waals surface area contributed by atoms with E-state index in [9.17, 15) is 9.59 Å². The van der Waals surface area contributed by atoms with E-state index in [1.54, 1.807) is 25.3 Å². The molecule has 284 valence electrons. The number of ether oxygens (including phenoxy) is 3. The normalized spacial score (nSPS) is 19.8. The van der Waals surface area contributed by atoms with Crippen LogP contribution in [0.15, 0.2) is 69.5 Å². The maximum atomic E-state index is 12.4. The van der Waals surface area contributed by atoms with Gasteiger partial charge in [0.15, 0.2) is 0 Å². The summed E-state index contributed by atoms with van der Waals surface area (Å²) < 4.78 is 16.7. The number of esters is 1. The predicted octanol–water partition coefficient (Wildman–Crippen LogP) is 5.88. The molecule has 4 rings (SSSR count). The number of anilines is 1. The number of hydrogen-bond acceptors (Lipinski definition) is 11. The highest BCUT2D eigenvalue weighted by Crippen LogP contribution is 2.31. The number of benzene rings is 1. The van der Waals surface area contributed by atoms with Crippen molar-refractivity contribution >= 4 is 29.8 Å². The van der Waals surface area contributed by atoms with Gasteiger partial charge in [0.2, 0.25) is 0 Å². The molecule has 1 aromatic carbocycles. The Balaban J connectivity index is 1.29. The zero-order valence-electron chi connectivity index (χ0n) is 32.9. The van der Waals surface area contributed by atoms with Crippen LogP contribution < -0.4 is 10.1 Å². The Hall–Kier alpha value is -4.38. The van der Waals surface area contributed by atoms with Gasteiger partial charge in [0.1, 0.15) is 28.5 Å². The van der Waals surface area contributed by atoms with Crippen LogP contribution in [0.5, 0.6) is 5.75 Å². The van der Waals surface area contributed by atoms with Crippen LogP contribution >= 0.6 is 0 Å². The van der Waals surface area contributed by atoms with Crippen LogP contribution in [0, 0.1) is 0 Å². The molecular formula is C40H59N7O5. The molecule has 3 heterocycles. The molecule has 1 saturated heterocycles. The molecule has 1 fully saturated rings. The second-order valence-corrected chi connectivity index (χ2v) is 15.9. The lowest BCUT2D eigenvalue weighted by Crippen LogP contribution is -2.48. The summed E-state index contributed by atoms with van der Waals surface area (Å²) in [5.41, 5.74) is 5.99. The first-order valence-electron chi connectivity index (χ1n) is 18.1. The molecule has 0 radical (unpaired) electrons. The van der Waals surface area contributed by atoms with E-state index in [0.717, 1.165) is 79.5 Å². The Morgan fingerprint density at radius 3 is 2.35 bits per heavy atom. The summed E-state index contributed by atoms with van der Waals surface area (Å²) in [4.78, 5) is 42.3. The van der Waals surface area contributed by atoms with Crippen molar-refractivity contribution in [1.29, 1.82) is 0 Å². The number of piperazine rings is 1. The van der Waals surface area contributed by atoms with Crippen LogP contribution in [-0.2, 0) is 20.8 Å². The van der Waals surface area contributed by atoms with Crippen molar-refractivity contribution in [2.24, 2.45) is 9.98 Å². The van der Waals surface area contributed by atoms with E-state index >= 15 is 0 Å². The smallest absolute Gasteiger partial charge is 0.410 e. The van der Waals surface area contributed by atoms with Crippen molar-refractivity contribution in [1.82, 2.24) is 19.6 Å². The average molecular weight is 718 g/mol. The van der Waals surface area contributed by atoms with Crippen LogP contribution in [0.2, 0.25) is 0 Å². The summed E-state index contributed by atoms with van der Waals surface area (Å²) in [5.74, 6) is 1.45. The van der Waals surface area contributed by atoms with Crippen LogP contribution in [0.4, 0.5) is 10.5 Å². The quantitative estimate of drug-likeness (QED) is 0.222. The highest BCUT2D eigenvalue weighted by atomic mass is 16.6. The summed E-state index contributed by atoms with van der Waals surface area (Å²) in [6, 6.07) is 6.22. The van der Waals surface area contributed by atoms with Crippen molar-refractivity contribution in [3.8, 4) is 5.75 Å². The van der Waals surface area contributed by atoms with Gasteiger partial charge < -0.3 is 29.3 Å². The zero-order chi connectivity index (χ0) is 38.1. The lowest BCUT2D eigenvalue weighted by Gasteiger charge is -2.35. The minimum atomic E-state index is -0.534. The van der Waals surface area contributed by atoms with Crippen LogP contribution in [0.25, 0.3) is 0 Å². The molecule has 1 amide bonds. The Bertz CT molecular complexity index is 1620. The predicted molar refractivity (Wildman–Crippen MR) is 208 cm³/mol. The van der Waals surface area contributed by atoms with E-state index in [1.165, 1.54) is 0 Å². The number of nitrogens with one attached hydrogen (secondary N) is 1. The minimum absolute atomic E-state index is 0.179. The molecule has 0 spiro atoms. The summed E-state index contributed by atoms with van der Waals surface area (Å²) in [7, 11) is 5.40. The topological polar surface area (TPSA) is 112 Å². The van der Waals surface area contributed by atoms with Gasteiger partial charge in [-0.3, -0.25) is 19.6 Å². The molecule has 0 saturated carbocycles. The fourth-order valence-corrected chi connectivity index (χ4v) is 6.02. The molecule has 12 heteroatoms. The van der Waals surface area contributed by atoms with Gasteiger partial charge in [-0.1, -0.05) is 5.73 Å². The molecule has 1 aromatic rings. The Labute approximate surface area is 310 Å². The van der Waals surface area contributed by atoms with Crippen molar-refractivity contribution in [2.45, 2.75) is 84.7 Å². The second-order valence-electron chi connectivity index (χ2n) is 15.9. The average Bonchev–Trinajstić information content (AvgIpc) is 3.41. The molecule has 3 aliphatic heterocycles. The van der Waals surface area contributed by atoms with E-state index in [0.29, 0.717) is 19.6 Å². The molecular weight excluding hydrogens is 658 g/mol. The third kappa shape index (κ3) is 12.7. The first-order chi connectivity index (χ1) is 24.4. The molecule has 0 bridgehead atoms. The molecule has 1 atom stereocenters. The fourth-order valence-electron chi connectivity index (χ4n) is 6.02. The van der Waals surface area contributed by atoms with Crippen molar-refractivity contribution in [3.63, 3.8) is 0 Å². The Morgan fingerprint density at radius 1 is 0.981 bits per heavy atom. The van der Waals surface area contributed by atoms with Gasteiger partial charge in [0.05, 0.1) is 19.9 Å².